The van der Waals surface area contributed by atoms with E-state index in [9.17, 15) is 0 Å². The van der Waals surface area contributed by atoms with Gasteiger partial charge in [0, 0.05) is 11.7 Å². The molecule has 0 aliphatic heterocycles. The van der Waals surface area contributed by atoms with Gasteiger partial charge in [0.1, 0.15) is 6.26 Å². The molecule has 0 bridgehead atoms. The molecule has 1 heterocycles. The molecule has 0 aliphatic carbocycles. The Morgan fingerprint density at radius 3 is 2.56 bits per heavy atom. The summed E-state index contributed by atoms with van der Waals surface area (Å²) in [6.45, 7) is 3.91. The van der Waals surface area contributed by atoms with Gasteiger partial charge < -0.3 is 15.5 Å². The topological polar surface area (TPSA) is 64.1 Å². The lowest BCUT2D eigenvalue weighted by molar-refractivity contribution is 0.573. The Morgan fingerprint density at radius 2 is 2.00 bits per heavy atom. The number of hydrogen-bond acceptors (Lipinski definition) is 4. The summed E-state index contributed by atoms with van der Waals surface area (Å²) in [5, 5.41) is 3.07. The summed E-state index contributed by atoms with van der Waals surface area (Å²) in [7, 11) is 0. The lowest BCUT2D eigenvalue weighted by Crippen LogP contribution is -2.05. The van der Waals surface area contributed by atoms with Crippen LogP contribution in [0.15, 0.2) is 34.9 Å². The van der Waals surface area contributed by atoms with Crippen LogP contribution in [-0.2, 0) is 0 Å². The van der Waals surface area contributed by atoms with Gasteiger partial charge in [0.15, 0.2) is 0 Å². The first-order chi connectivity index (χ1) is 7.65. The van der Waals surface area contributed by atoms with E-state index < -0.39 is 0 Å². The normalized spacial score (nSPS) is 12.4. The Morgan fingerprint density at radius 1 is 1.31 bits per heavy atom. The van der Waals surface area contributed by atoms with Gasteiger partial charge in [0.05, 0.1) is 5.69 Å². The molecule has 2 aromatic rings. The van der Waals surface area contributed by atoms with Crippen molar-refractivity contribution in [3.8, 4) is 0 Å². The molecule has 0 radical (unpaired) electrons. The molecule has 1 atom stereocenters. The molecule has 1 unspecified atom stereocenters. The van der Waals surface area contributed by atoms with Gasteiger partial charge in [-0.3, -0.25) is 0 Å². The molecule has 4 nitrogen and oxygen atoms in total. The summed E-state index contributed by atoms with van der Waals surface area (Å²) in [5.74, 6) is 0. The van der Waals surface area contributed by atoms with Crippen molar-refractivity contribution in [3.63, 3.8) is 0 Å². The molecule has 0 spiro atoms. The summed E-state index contributed by atoms with van der Waals surface area (Å²) in [6.07, 6.45) is 1.57. The maximum Gasteiger partial charge on any atom is 0.299 e. The van der Waals surface area contributed by atoms with E-state index in [-0.39, 0.29) is 6.04 Å². The number of anilines is 2. The van der Waals surface area contributed by atoms with Gasteiger partial charge in [0.2, 0.25) is 0 Å². The molecule has 4 heteroatoms. The van der Waals surface area contributed by atoms with Gasteiger partial charge >= 0.3 is 0 Å². The number of hydrogen-bond donors (Lipinski definition) is 2. The van der Waals surface area contributed by atoms with Crippen LogP contribution in [0.2, 0.25) is 0 Å². The fraction of sp³-hybridized carbons (Fsp3) is 0.250. The number of nitrogens with one attached hydrogen (secondary N) is 1. The molecule has 1 aromatic carbocycles. The van der Waals surface area contributed by atoms with Crippen LogP contribution in [-0.4, -0.2) is 4.98 Å². The molecule has 0 amide bonds. The van der Waals surface area contributed by atoms with E-state index in [1.807, 2.05) is 38.1 Å². The van der Waals surface area contributed by atoms with Crippen LogP contribution in [0.5, 0.6) is 0 Å². The number of benzene rings is 1. The average molecular weight is 217 g/mol. The van der Waals surface area contributed by atoms with Gasteiger partial charge in [-0.2, -0.15) is 4.98 Å². The zero-order chi connectivity index (χ0) is 11.5. The Balaban J connectivity index is 2.11. The largest absolute Gasteiger partial charge is 0.432 e. The molecule has 1 aromatic heterocycles. The highest BCUT2D eigenvalue weighted by atomic mass is 16.4. The monoisotopic (exact) mass is 217 g/mol. The van der Waals surface area contributed by atoms with Crippen LogP contribution in [0.4, 0.5) is 11.7 Å². The molecular formula is C12H15N3O. The molecule has 0 aliphatic rings. The van der Waals surface area contributed by atoms with Gasteiger partial charge in [-0.15, -0.1) is 0 Å². The second-order valence-electron chi connectivity index (χ2n) is 3.86. The van der Waals surface area contributed by atoms with Gasteiger partial charge in [0.25, 0.3) is 6.01 Å². The van der Waals surface area contributed by atoms with Crippen molar-refractivity contribution in [2.75, 3.05) is 5.32 Å². The van der Waals surface area contributed by atoms with Crippen LogP contribution in [0.1, 0.15) is 24.2 Å². The molecule has 3 N–H and O–H groups in total. The summed E-state index contributed by atoms with van der Waals surface area (Å²) < 4.78 is 5.26. The van der Waals surface area contributed by atoms with E-state index in [0.29, 0.717) is 6.01 Å². The summed E-state index contributed by atoms with van der Waals surface area (Å²) in [5.41, 5.74) is 8.60. The van der Waals surface area contributed by atoms with E-state index in [1.165, 1.54) is 5.56 Å². The summed E-state index contributed by atoms with van der Waals surface area (Å²) in [4.78, 5) is 4.22. The summed E-state index contributed by atoms with van der Waals surface area (Å²) in [6, 6.07) is 8.36. The number of rotatable bonds is 3. The van der Waals surface area contributed by atoms with Crippen molar-refractivity contribution in [2.45, 2.75) is 19.9 Å². The number of aryl methyl sites for hydroxylation is 1. The minimum atomic E-state index is -0.114. The fourth-order valence-electron chi connectivity index (χ4n) is 1.31. The molecule has 0 saturated heterocycles. The second-order valence-corrected chi connectivity index (χ2v) is 3.86. The van der Waals surface area contributed by atoms with Gasteiger partial charge in [-0.1, -0.05) is 17.7 Å². The Kier molecular flexibility index (Phi) is 2.92. The zero-order valence-corrected chi connectivity index (χ0v) is 9.40. The number of aromatic nitrogens is 1. The van der Waals surface area contributed by atoms with Crippen LogP contribution in [0, 0.1) is 6.92 Å². The third-order valence-electron chi connectivity index (χ3n) is 2.29. The Labute approximate surface area is 94.5 Å². The van der Waals surface area contributed by atoms with Crippen molar-refractivity contribution in [1.82, 2.24) is 4.98 Å². The Hall–Kier alpha value is -1.81. The zero-order valence-electron chi connectivity index (χ0n) is 9.40. The van der Waals surface area contributed by atoms with Crippen LogP contribution in [0.3, 0.4) is 0 Å². The third-order valence-corrected chi connectivity index (χ3v) is 2.29. The lowest BCUT2D eigenvalue weighted by atomic mass is 10.2. The maximum atomic E-state index is 5.69. The third kappa shape index (κ3) is 2.41. The van der Waals surface area contributed by atoms with Crippen molar-refractivity contribution in [3.05, 3.63) is 41.8 Å². The van der Waals surface area contributed by atoms with E-state index in [0.717, 1.165) is 11.4 Å². The first-order valence-electron chi connectivity index (χ1n) is 5.20. The lowest BCUT2D eigenvalue weighted by Gasteiger charge is -2.01. The standard InChI is InChI=1S/C12H15N3O/c1-8-3-5-10(6-4-8)14-12-15-11(7-16-12)9(2)13/h3-7,9H,13H2,1-2H3,(H,14,15). The fourth-order valence-corrected chi connectivity index (χ4v) is 1.31. The predicted molar refractivity (Wildman–Crippen MR) is 63.6 cm³/mol. The number of oxazole rings is 1. The molecule has 84 valence electrons. The van der Waals surface area contributed by atoms with E-state index in [4.69, 9.17) is 10.2 Å². The minimum absolute atomic E-state index is 0.114. The highest BCUT2D eigenvalue weighted by molar-refractivity contribution is 5.52. The minimum Gasteiger partial charge on any atom is -0.432 e. The summed E-state index contributed by atoms with van der Waals surface area (Å²) >= 11 is 0. The quantitative estimate of drug-likeness (QED) is 0.829. The van der Waals surface area contributed by atoms with E-state index >= 15 is 0 Å². The first-order valence-corrected chi connectivity index (χ1v) is 5.20. The van der Waals surface area contributed by atoms with Crippen molar-refractivity contribution in [1.29, 1.82) is 0 Å². The second kappa shape index (κ2) is 4.37. The molecule has 16 heavy (non-hydrogen) atoms. The predicted octanol–water partition coefficient (Wildman–Crippen LogP) is 2.75. The number of nitrogens with two attached hydrogens (primary N) is 1. The van der Waals surface area contributed by atoms with E-state index in [1.54, 1.807) is 6.26 Å². The van der Waals surface area contributed by atoms with Gasteiger partial charge in [-0.25, -0.2) is 0 Å². The van der Waals surface area contributed by atoms with Gasteiger partial charge in [-0.05, 0) is 26.0 Å². The molecule has 0 fully saturated rings. The molecular weight excluding hydrogens is 202 g/mol. The van der Waals surface area contributed by atoms with E-state index in [2.05, 4.69) is 10.3 Å². The van der Waals surface area contributed by atoms with Crippen molar-refractivity contribution >= 4 is 11.7 Å². The number of nitrogens with zero attached hydrogens (tertiary/aromatic N) is 1. The molecule has 2 rings (SSSR count). The van der Waals surface area contributed by atoms with Crippen molar-refractivity contribution < 1.29 is 4.42 Å². The maximum absolute atomic E-state index is 5.69. The first kappa shape index (κ1) is 10.7. The van der Waals surface area contributed by atoms with Crippen LogP contribution < -0.4 is 11.1 Å². The Bertz CT molecular complexity index is 459. The van der Waals surface area contributed by atoms with Crippen LogP contribution >= 0.6 is 0 Å². The smallest absolute Gasteiger partial charge is 0.299 e. The average Bonchev–Trinajstić information content (AvgIpc) is 2.70. The highest BCUT2D eigenvalue weighted by Crippen LogP contribution is 2.18. The van der Waals surface area contributed by atoms with Crippen LogP contribution in [0.25, 0.3) is 0 Å². The molecule has 0 saturated carbocycles. The SMILES string of the molecule is Cc1ccc(Nc2nc(C(C)N)co2)cc1. The van der Waals surface area contributed by atoms with Crippen molar-refractivity contribution in [2.24, 2.45) is 5.73 Å². The highest BCUT2D eigenvalue weighted by Gasteiger charge is 2.07.